The highest BCUT2D eigenvalue weighted by molar-refractivity contribution is 5.98. The van der Waals surface area contributed by atoms with Gasteiger partial charge in [-0.25, -0.2) is 8.78 Å². The highest BCUT2D eigenvalue weighted by Crippen LogP contribution is 2.39. The molecule has 1 unspecified atom stereocenters. The largest absolute Gasteiger partial charge is 0.368 e. The molecule has 0 spiro atoms. The average Bonchev–Trinajstić information content (AvgIpc) is 3.28. The van der Waals surface area contributed by atoms with Crippen molar-refractivity contribution in [1.82, 2.24) is 4.90 Å². The maximum atomic E-state index is 14.8. The maximum absolute atomic E-state index is 14.8. The van der Waals surface area contributed by atoms with Crippen LogP contribution in [0.2, 0.25) is 0 Å². The first-order valence-corrected chi connectivity index (χ1v) is 13.2. The Morgan fingerprint density at radius 1 is 1.00 bits per heavy atom. The minimum atomic E-state index is -1.23. The minimum absolute atomic E-state index is 0.0488. The first kappa shape index (κ1) is 25.9. The molecule has 3 atom stereocenters. The van der Waals surface area contributed by atoms with E-state index in [-0.39, 0.29) is 11.5 Å². The predicted octanol–water partition coefficient (Wildman–Crippen LogP) is 6.30. The Bertz CT molecular complexity index is 1310. The van der Waals surface area contributed by atoms with Crippen LogP contribution in [0.1, 0.15) is 53.7 Å². The summed E-state index contributed by atoms with van der Waals surface area (Å²) in [5.74, 6) is -1.68. The van der Waals surface area contributed by atoms with Crippen molar-refractivity contribution in [3.8, 4) is 0 Å². The molecule has 2 aliphatic rings. The fourth-order valence-corrected chi connectivity index (χ4v) is 5.77. The number of anilines is 2. The summed E-state index contributed by atoms with van der Waals surface area (Å²) in [4.78, 5) is 31.1. The lowest BCUT2D eigenvalue weighted by Gasteiger charge is -2.41. The highest BCUT2D eigenvalue weighted by Gasteiger charge is 2.40. The molecule has 2 fully saturated rings. The zero-order valence-electron chi connectivity index (χ0n) is 21.8. The van der Waals surface area contributed by atoms with Gasteiger partial charge in [-0.3, -0.25) is 9.59 Å². The second-order valence-corrected chi connectivity index (χ2v) is 10.7. The molecular weight excluding hydrogens is 484 g/mol. The van der Waals surface area contributed by atoms with E-state index >= 15 is 0 Å². The SMILES string of the molecule is Cc1cccc(F)c1C(=O)N1CCC[C@H](C(=O)Nc2cccc(N3CCC(C)(F)C3)c2)[C@@H]1c1ccccc1. The molecule has 2 aliphatic heterocycles. The van der Waals surface area contributed by atoms with Gasteiger partial charge in [-0.15, -0.1) is 0 Å². The summed E-state index contributed by atoms with van der Waals surface area (Å²) in [5.41, 5.74) is 1.71. The van der Waals surface area contributed by atoms with Crippen molar-refractivity contribution < 1.29 is 18.4 Å². The van der Waals surface area contributed by atoms with E-state index in [1.54, 1.807) is 30.9 Å². The monoisotopic (exact) mass is 517 g/mol. The van der Waals surface area contributed by atoms with Crippen molar-refractivity contribution in [3.05, 3.63) is 95.3 Å². The number of likely N-dealkylation sites (tertiary alicyclic amines) is 1. The average molecular weight is 518 g/mol. The van der Waals surface area contributed by atoms with E-state index in [1.807, 2.05) is 59.5 Å². The molecule has 2 amide bonds. The zero-order chi connectivity index (χ0) is 26.9. The smallest absolute Gasteiger partial charge is 0.257 e. The molecule has 0 saturated carbocycles. The van der Waals surface area contributed by atoms with Crippen LogP contribution in [0.3, 0.4) is 0 Å². The predicted molar refractivity (Wildman–Crippen MR) is 145 cm³/mol. The first-order valence-electron chi connectivity index (χ1n) is 13.2. The fourth-order valence-electron chi connectivity index (χ4n) is 5.77. The molecule has 198 valence electrons. The number of halogens is 2. The Hall–Kier alpha value is -3.74. The van der Waals surface area contributed by atoms with Gasteiger partial charge in [0.25, 0.3) is 5.91 Å². The lowest BCUT2D eigenvalue weighted by Crippen LogP contribution is -2.46. The van der Waals surface area contributed by atoms with Gasteiger partial charge in [0.05, 0.1) is 24.1 Å². The number of benzene rings is 3. The molecule has 0 radical (unpaired) electrons. The van der Waals surface area contributed by atoms with E-state index in [0.29, 0.717) is 50.1 Å². The second kappa shape index (κ2) is 10.6. The summed E-state index contributed by atoms with van der Waals surface area (Å²) in [7, 11) is 0. The molecule has 2 heterocycles. The summed E-state index contributed by atoms with van der Waals surface area (Å²) in [6, 6.07) is 21.0. The Morgan fingerprint density at radius 3 is 2.47 bits per heavy atom. The Balaban J connectivity index is 1.43. The van der Waals surface area contributed by atoms with Gasteiger partial charge in [0.2, 0.25) is 5.91 Å². The lowest BCUT2D eigenvalue weighted by molar-refractivity contribution is -0.123. The van der Waals surface area contributed by atoms with Gasteiger partial charge in [-0.05, 0) is 62.1 Å². The molecule has 5 nitrogen and oxygen atoms in total. The molecule has 1 N–H and O–H groups in total. The van der Waals surface area contributed by atoms with Gasteiger partial charge >= 0.3 is 0 Å². The van der Waals surface area contributed by atoms with Crippen LogP contribution in [-0.2, 0) is 4.79 Å². The van der Waals surface area contributed by atoms with Crippen LogP contribution in [0.25, 0.3) is 0 Å². The van der Waals surface area contributed by atoms with E-state index in [2.05, 4.69) is 5.32 Å². The second-order valence-electron chi connectivity index (χ2n) is 10.7. The van der Waals surface area contributed by atoms with Gasteiger partial charge in [0.1, 0.15) is 11.5 Å². The summed E-state index contributed by atoms with van der Waals surface area (Å²) >= 11 is 0. The van der Waals surface area contributed by atoms with Crippen molar-refractivity contribution in [2.75, 3.05) is 29.9 Å². The molecule has 3 aromatic carbocycles. The number of nitrogens with zero attached hydrogens (tertiary/aromatic N) is 2. The standard InChI is InChI=1S/C31H33F2N3O2/c1-21-9-6-15-26(32)27(21)30(38)36-17-8-14-25(28(36)22-10-4-3-5-11-22)29(37)34-23-12-7-13-24(19-23)35-18-16-31(2,33)20-35/h3-7,9-13,15,19,25,28H,8,14,16-18,20H2,1-2H3,(H,34,37)/t25-,28-,31?/m0/s1. The van der Waals surface area contributed by atoms with E-state index in [0.717, 1.165) is 11.3 Å². The number of carbonyl (C=O) groups excluding carboxylic acids is 2. The lowest BCUT2D eigenvalue weighted by atomic mass is 9.83. The summed E-state index contributed by atoms with van der Waals surface area (Å²) in [6.45, 7) is 4.70. The molecule has 0 aliphatic carbocycles. The van der Waals surface area contributed by atoms with Crippen LogP contribution in [0.4, 0.5) is 20.2 Å². The number of amides is 2. The van der Waals surface area contributed by atoms with Crippen LogP contribution in [0, 0.1) is 18.7 Å². The van der Waals surface area contributed by atoms with Crippen LogP contribution in [0.15, 0.2) is 72.8 Å². The summed E-state index contributed by atoms with van der Waals surface area (Å²) in [5, 5.41) is 3.05. The number of hydrogen-bond acceptors (Lipinski definition) is 3. The molecule has 5 rings (SSSR count). The van der Waals surface area contributed by atoms with Crippen LogP contribution in [-0.4, -0.2) is 42.0 Å². The molecule has 38 heavy (non-hydrogen) atoms. The van der Waals surface area contributed by atoms with Crippen molar-refractivity contribution in [3.63, 3.8) is 0 Å². The van der Waals surface area contributed by atoms with Gasteiger partial charge < -0.3 is 15.1 Å². The van der Waals surface area contributed by atoms with Crippen molar-refractivity contribution in [2.24, 2.45) is 5.92 Å². The van der Waals surface area contributed by atoms with Crippen LogP contribution in [0.5, 0.6) is 0 Å². The van der Waals surface area contributed by atoms with Crippen molar-refractivity contribution in [1.29, 1.82) is 0 Å². The van der Waals surface area contributed by atoms with Gasteiger partial charge in [-0.1, -0.05) is 48.5 Å². The number of nitrogens with one attached hydrogen (secondary N) is 1. The zero-order valence-corrected chi connectivity index (χ0v) is 21.8. The molecule has 3 aromatic rings. The first-order chi connectivity index (χ1) is 18.2. The van der Waals surface area contributed by atoms with E-state index in [1.165, 1.54) is 6.07 Å². The van der Waals surface area contributed by atoms with Crippen LogP contribution >= 0.6 is 0 Å². The number of piperidine rings is 1. The molecule has 7 heteroatoms. The Morgan fingerprint density at radius 2 is 1.76 bits per heavy atom. The number of alkyl halides is 1. The number of hydrogen-bond donors (Lipinski definition) is 1. The fraction of sp³-hybridized carbons (Fsp3) is 0.355. The van der Waals surface area contributed by atoms with Gasteiger partial charge in [0, 0.05) is 30.9 Å². The normalized spacial score (nSPS) is 23.4. The van der Waals surface area contributed by atoms with Crippen LogP contribution < -0.4 is 10.2 Å². The van der Waals surface area contributed by atoms with Crippen molar-refractivity contribution in [2.45, 2.75) is 44.8 Å². The third-order valence-corrected chi connectivity index (χ3v) is 7.71. The van der Waals surface area contributed by atoms with E-state index in [9.17, 15) is 18.4 Å². The molecule has 0 aromatic heterocycles. The minimum Gasteiger partial charge on any atom is -0.368 e. The third-order valence-electron chi connectivity index (χ3n) is 7.71. The third kappa shape index (κ3) is 5.28. The highest BCUT2D eigenvalue weighted by atomic mass is 19.1. The van der Waals surface area contributed by atoms with Crippen molar-refractivity contribution >= 4 is 23.2 Å². The van der Waals surface area contributed by atoms with Gasteiger partial charge in [-0.2, -0.15) is 0 Å². The topological polar surface area (TPSA) is 52.7 Å². The molecule has 0 bridgehead atoms. The number of carbonyl (C=O) groups is 2. The Labute approximate surface area is 222 Å². The summed E-state index contributed by atoms with van der Waals surface area (Å²) in [6.07, 6.45) is 1.69. The number of rotatable bonds is 5. The Kier molecular flexibility index (Phi) is 7.19. The number of aryl methyl sites for hydroxylation is 1. The van der Waals surface area contributed by atoms with Gasteiger partial charge in [0.15, 0.2) is 0 Å². The maximum Gasteiger partial charge on any atom is 0.257 e. The quantitative estimate of drug-likeness (QED) is 0.432. The van der Waals surface area contributed by atoms with E-state index in [4.69, 9.17) is 0 Å². The molecular formula is C31H33F2N3O2. The molecule has 2 saturated heterocycles. The van der Waals surface area contributed by atoms with E-state index < -0.39 is 29.4 Å². The summed E-state index contributed by atoms with van der Waals surface area (Å²) < 4.78 is 29.2.